The third-order valence-electron chi connectivity index (χ3n) is 7.09. The van der Waals surface area contributed by atoms with Crippen molar-refractivity contribution in [3.05, 3.63) is 24.3 Å². The summed E-state index contributed by atoms with van der Waals surface area (Å²) in [5, 5.41) is 0. The molecule has 0 aromatic rings. The van der Waals surface area contributed by atoms with Crippen LogP contribution in [0.25, 0.3) is 0 Å². The Kier molecular flexibility index (Phi) is 6.39. The van der Waals surface area contributed by atoms with Gasteiger partial charge in [-0.05, 0) is 68.3 Å². The van der Waals surface area contributed by atoms with Gasteiger partial charge < -0.3 is 4.74 Å². The first kappa shape index (κ1) is 21.3. The van der Waals surface area contributed by atoms with Crippen molar-refractivity contribution in [3.8, 4) is 0 Å². The lowest BCUT2D eigenvalue weighted by Crippen LogP contribution is -2.51. The highest BCUT2D eigenvalue weighted by Crippen LogP contribution is 2.63. The molecule has 5 atom stereocenters. The summed E-state index contributed by atoms with van der Waals surface area (Å²) in [7, 11) is -3.46. The van der Waals surface area contributed by atoms with Gasteiger partial charge in [-0.3, -0.25) is 13.6 Å². The SMILES string of the molecule is C=C[C@@H]1CC2[C@H](CC[C@]3(C)C=C(COP(=O)(OCC)OCC)CC[C@]23C)O1. The van der Waals surface area contributed by atoms with Crippen molar-refractivity contribution < 1.29 is 22.9 Å². The van der Waals surface area contributed by atoms with Crippen LogP contribution in [0.1, 0.15) is 59.8 Å². The van der Waals surface area contributed by atoms with Crippen LogP contribution in [0.3, 0.4) is 0 Å². The smallest absolute Gasteiger partial charge is 0.371 e. The highest BCUT2D eigenvalue weighted by atomic mass is 31.2. The van der Waals surface area contributed by atoms with E-state index in [1.165, 1.54) is 5.57 Å². The molecule has 6 heteroatoms. The van der Waals surface area contributed by atoms with Crippen molar-refractivity contribution in [1.29, 1.82) is 0 Å². The number of fused-ring (bicyclic) bond motifs is 3. The van der Waals surface area contributed by atoms with Gasteiger partial charge >= 0.3 is 7.82 Å². The Bertz CT molecular complexity index is 622. The first-order chi connectivity index (χ1) is 12.8. The van der Waals surface area contributed by atoms with Crippen molar-refractivity contribution in [2.45, 2.75) is 72.0 Å². The molecule has 154 valence electrons. The highest BCUT2D eigenvalue weighted by Gasteiger charge is 2.58. The summed E-state index contributed by atoms with van der Waals surface area (Å²) in [6.45, 7) is 13.2. The lowest BCUT2D eigenvalue weighted by Gasteiger charge is -2.56. The molecule has 1 saturated heterocycles. The van der Waals surface area contributed by atoms with Crippen LogP contribution in [0.4, 0.5) is 0 Å². The molecule has 0 N–H and O–H groups in total. The molecule has 1 aliphatic heterocycles. The number of hydrogen-bond donors (Lipinski definition) is 0. The molecule has 1 saturated carbocycles. The summed E-state index contributed by atoms with van der Waals surface area (Å²) in [6, 6.07) is 0. The van der Waals surface area contributed by atoms with E-state index >= 15 is 0 Å². The van der Waals surface area contributed by atoms with Crippen LogP contribution in [0.15, 0.2) is 24.3 Å². The lowest BCUT2D eigenvalue weighted by atomic mass is 9.48. The zero-order valence-corrected chi connectivity index (χ0v) is 18.1. The molecule has 0 aromatic carbocycles. The van der Waals surface area contributed by atoms with Gasteiger partial charge in [0, 0.05) is 0 Å². The molecule has 2 fully saturated rings. The topological polar surface area (TPSA) is 54.0 Å². The number of ether oxygens (including phenoxy) is 1. The third kappa shape index (κ3) is 4.00. The standard InChI is InChI=1S/C21H35O5P/c1-6-17-13-18-19(26-17)10-11-20(4)14-16(9-12-21(18,20)5)15-25-27(22,23-7-2)24-8-3/h6,14,17-19H,1,7-13,15H2,2-5H3/t17-,18?,19+,20-,21-/m1/s1. The summed E-state index contributed by atoms with van der Waals surface area (Å²) in [4.78, 5) is 0. The number of rotatable bonds is 8. The van der Waals surface area contributed by atoms with Gasteiger partial charge in [0.2, 0.25) is 0 Å². The Morgan fingerprint density at radius 3 is 2.59 bits per heavy atom. The maximum absolute atomic E-state index is 12.6. The Morgan fingerprint density at radius 2 is 1.96 bits per heavy atom. The lowest BCUT2D eigenvalue weighted by molar-refractivity contribution is -0.0758. The third-order valence-corrected chi connectivity index (χ3v) is 8.68. The van der Waals surface area contributed by atoms with Crippen LogP contribution < -0.4 is 0 Å². The van der Waals surface area contributed by atoms with E-state index in [1.807, 2.05) is 6.08 Å². The second kappa shape index (κ2) is 8.12. The van der Waals surface area contributed by atoms with E-state index in [0.29, 0.717) is 31.8 Å². The van der Waals surface area contributed by atoms with Crippen LogP contribution in [0, 0.1) is 16.7 Å². The minimum absolute atomic E-state index is 0.103. The minimum atomic E-state index is -3.46. The summed E-state index contributed by atoms with van der Waals surface area (Å²) in [5.41, 5.74) is 1.51. The summed E-state index contributed by atoms with van der Waals surface area (Å²) >= 11 is 0. The van der Waals surface area contributed by atoms with E-state index in [-0.39, 0.29) is 16.9 Å². The molecular weight excluding hydrogens is 363 g/mol. The molecular formula is C21H35O5P. The predicted molar refractivity (Wildman–Crippen MR) is 107 cm³/mol. The summed E-state index contributed by atoms with van der Waals surface area (Å²) < 4.78 is 34.9. The van der Waals surface area contributed by atoms with Crippen molar-refractivity contribution in [2.24, 2.45) is 16.7 Å². The summed E-state index contributed by atoms with van der Waals surface area (Å²) in [5.74, 6) is 0.566. The fourth-order valence-corrected chi connectivity index (χ4v) is 6.55. The second-order valence-corrected chi connectivity index (χ2v) is 10.2. The van der Waals surface area contributed by atoms with Gasteiger partial charge in [0.05, 0.1) is 32.0 Å². The van der Waals surface area contributed by atoms with Gasteiger partial charge in [-0.15, -0.1) is 6.58 Å². The Hall–Kier alpha value is -0.450. The largest absolute Gasteiger partial charge is 0.475 e. The monoisotopic (exact) mass is 398 g/mol. The van der Waals surface area contributed by atoms with Gasteiger partial charge in [0.15, 0.2) is 0 Å². The molecule has 1 heterocycles. The molecule has 0 spiro atoms. The predicted octanol–water partition coefficient (Wildman–Crippen LogP) is 5.67. The van der Waals surface area contributed by atoms with Crippen molar-refractivity contribution in [3.63, 3.8) is 0 Å². The van der Waals surface area contributed by atoms with Crippen LogP contribution in [-0.2, 0) is 22.9 Å². The van der Waals surface area contributed by atoms with Gasteiger partial charge in [-0.2, -0.15) is 0 Å². The zero-order valence-electron chi connectivity index (χ0n) is 17.2. The maximum atomic E-state index is 12.6. The number of hydrogen-bond acceptors (Lipinski definition) is 5. The number of phosphoric ester groups is 1. The maximum Gasteiger partial charge on any atom is 0.475 e. The second-order valence-electron chi connectivity index (χ2n) is 8.52. The fourth-order valence-electron chi connectivity index (χ4n) is 5.37. The molecule has 3 rings (SSSR count). The Balaban J connectivity index is 1.74. The van der Waals surface area contributed by atoms with Crippen LogP contribution in [-0.4, -0.2) is 32.0 Å². The van der Waals surface area contributed by atoms with Gasteiger partial charge in [-0.25, -0.2) is 4.57 Å². The van der Waals surface area contributed by atoms with Crippen LogP contribution in [0.2, 0.25) is 0 Å². The average Bonchev–Trinajstić information content (AvgIpc) is 3.06. The normalized spacial score (nSPS) is 38.8. The first-order valence-corrected chi connectivity index (χ1v) is 11.8. The van der Waals surface area contributed by atoms with E-state index in [4.69, 9.17) is 18.3 Å². The minimum Gasteiger partial charge on any atom is -0.371 e. The van der Waals surface area contributed by atoms with Crippen LogP contribution >= 0.6 is 7.82 Å². The Labute approximate surface area is 164 Å². The molecule has 1 unspecified atom stereocenters. The Morgan fingerprint density at radius 1 is 1.26 bits per heavy atom. The van der Waals surface area contributed by atoms with E-state index in [0.717, 1.165) is 32.1 Å². The molecule has 3 aliphatic rings. The molecule has 2 aliphatic carbocycles. The van der Waals surface area contributed by atoms with Crippen molar-refractivity contribution >= 4 is 7.82 Å². The van der Waals surface area contributed by atoms with Crippen molar-refractivity contribution in [1.82, 2.24) is 0 Å². The van der Waals surface area contributed by atoms with E-state index in [2.05, 4.69) is 26.5 Å². The van der Waals surface area contributed by atoms with Gasteiger partial charge in [0.1, 0.15) is 0 Å². The average molecular weight is 398 g/mol. The molecule has 5 nitrogen and oxygen atoms in total. The molecule has 0 radical (unpaired) electrons. The van der Waals surface area contributed by atoms with Gasteiger partial charge in [-0.1, -0.05) is 26.0 Å². The first-order valence-electron chi connectivity index (χ1n) is 10.3. The van der Waals surface area contributed by atoms with E-state index in [9.17, 15) is 4.57 Å². The molecule has 0 amide bonds. The fraction of sp³-hybridized carbons (Fsp3) is 0.810. The highest BCUT2D eigenvalue weighted by molar-refractivity contribution is 7.48. The zero-order chi connectivity index (χ0) is 19.7. The molecule has 27 heavy (non-hydrogen) atoms. The molecule has 0 bridgehead atoms. The van der Waals surface area contributed by atoms with Gasteiger partial charge in [0.25, 0.3) is 0 Å². The number of allylic oxidation sites excluding steroid dienone is 1. The summed E-state index contributed by atoms with van der Waals surface area (Å²) in [6.07, 6.45) is 10.2. The molecule has 0 aromatic heterocycles. The number of phosphoric acid groups is 1. The van der Waals surface area contributed by atoms with Crippen molar-refractivity contribution in [2.75, 3.05) is 19.8 Å². The van der Waals surface area contributed by atoms with E-state index < -0.39 is 7.82 Å². The van der Waals surface area contributed by atoms with E-state index in [1.54, 1.807) is 13.8 Å². The van der Waals surface area contributed by atoms with Crippen LogP contribution in [0.5, 0.6) is 0 Å². The quantitative estimate of drug-likeness (QED) is 0.389.